The van der Waals surface area contributed by atoms with Gasteiger partial charge in [-0.3, -0.25) is 4.79 Å². The van der Waals surface area contributed by atoms with E-state index in [1.165, 1.54) is 11.1 Å². The third-order valence-electron chi connectivity index (χ3n) is 4.82. The fraction of sp³-hybridized carbons (Fsp3) is 0.571. The van der Waals surface area contributed by atoms with E-state index in [2.05, 4.69) is 37.8 Å². The number of allylic oxidation sites excluding steroid dienone is 7. The lowest BCUT2D eigenvalue weighted by Crippen LogP contribution is -2.18. The van der Waals surface area contributed by atoms with Crippen LogP contribution >= 0.6 is 23.4 Å². The molecule has 25 heavy (non-hydrogen) atoms. The molecule has 0 aromatic heterocycles. The van der Waals surface area contributed by atoms with Crippen LogP contribution in [-0.2, 0) is 4.79 Å². The Morgan fingerprint density at radius 3 is 2.96 bits per heavy atom. The van der Waals surface area contributed by atoms with E-state index >= 15 is 0 Å². The molecule has 2 aliphatic rings. The summed E-state index contributed by atoms with van der Waals surface area (Å²) in [6.07, 6.45) is 16.9. The summed E-state index contributed by atoms with van der Waals surface area (Å²) in [7, 11) is 0. The minimum atomic E-state index is -0.702. The van der Waals surface area contributed by atoms with E-state index in [1.807, 2.05) is 17.8 Å². The number of thioether (sulfide) groups is 1. The molecule has 4 unspecified atom stereocenters. The van der Waals surface area contributed by atoms with E-state index in [4.69, 9.17) is 16.7 Å². The molecule has 0 radical (unpaired) electrons. The van der Waals surface area contributed by atoms with Crippen LogP contribution in [0.3, 0.4) is 0 Å². The van der Waals surface area contributed by atoms with Crippen molar-refractivity contribution in [1.29, 1.82) is 0 Å². The minimum absolute atomic E-state index is 0.181. The third kappa shape index (κ3) is 7.07. The SMILES string of the molecule is C=C/C=C(\CC(C)SC1CC=CC(CC(=O)O)C1)C1=CCC(Cl)CC1. The lowest BCUT2D eigenvalue weighted by atomic mass is 9.90. The second kappa shape index (κ2) is 10.3. The maximum absolute atomic E-state index is 10.9. The monoisotopic (exact) mass is 380 g/mol. The van der Waals surface area contributed by atoms with Crippen molar-refractivity contribution in [2.75, 3.05) is 0 Å². The van der Waals surface area contributed by atoms with E-state index in [0.717, 1.165) is 38.5 Å². The van der Waals surface area contributed by atoms with Crippen molar-refractivity contribution in [1.82, 2.24) is 0 Å². The van der Waals surface area contributed by atoms with Gasteiger partial charge < -0.3 is 5.11 Å². The molecule has 0 aromatic carbocycles. The zero-order valence-electron chi connectivity index (χ0n) is 15.0. The molecule has 0 saturated heterocycles. The van der Waals surface area contributed by atoms with Crippen LogP contribution in [0.15, 0.2) is 48.1 Å². The Morgan fingerprint density at radius 2 is 2.32 bits per heavy atom. The van der Waals surface area contributed by atoms with Crippen LogP contribution in [0.5, 0.6) is 0 Å². The quantitative estimate of drug-likeness (QED) is 0.312. The average Bonchev–Trinajstić information content (AvgIpc) is 2.55. The minimum Gasteiger partial charge on any atom is -0.481 e. The zero-order valence-corrected chi connectivity index (χ0v) is 16.6. The average molecular weight is 381 g/mol. The number of halogens is 1. The van der Waals surface area contributed by atoms with E-state index in [9.17, 15) is 4.79 Å². The van der Waals surface area contributed by atoms with E-state index in [1.54, 1.807) is 0 Å². The van der Waals surface area contributed by atoms with E-state index in [0.29, 0.717) is 10.5 Å². The summed E-state index contributed by atoms with van der Waals surface area (Å²) in [6, 6.07) is 0. The first kappa shape index (κ1) is 20.4. The van der Waals surface area contributed by atoms with Crippen LogP contribution in [0.1, 0.15) is 51.9 Å². The molecule has 0 amide bonds. The van der Waals surface area contributed by atoms with Gasteiger partial charge in [-0.05, 0) is 55.6 Å². The molecular weight excluding hydrogens is 352 g/mol. The molecule has 0 heterocycles. The molecule has 4 atom stereocenters. The van der Waals surface area contributed by atoms with Gasteiger partial charge in [0.25, 0.3) is 0 Å². The summed E-state index contributed by atoms with van der Waals surface area (Å²) < 4.78 is 0. The largest absolute Gasteiger partial charge is 0.481 e. The van der Waals surface area contributed by atoms with Crippen LogP contribution in [0.2, 0.25) is 0 Å². The van der Waals surface area contributed by atoms with Crippen molar-refractivity contribution in [2.45, 2.75) is 67.7 Å². The van der Waals surface area contributed by atoms with Crippen LogP contribution in [0, 0.1) is 5.92 Å². The Kier molecular flexibility index (Phi) is 8.38. The molecular formula is C21H29ClO2S. The predicted molar refractivity (Wildman–Crippen MR) is 109 cm³/mol. The van der Waals surface area contributed by atoms with E-state index < -0.39 is 5.97 Å². The zero-order chi connectivity index (χ0) is 18.2. The van der Waals surface area contributed by atoms with Gasteiger partial charge in [-0.1, -0.05) is 43.9 Å². The number of alkyl halides is 1. The van der Waals surface area contributed by atoms with E-state index in [-0.39, 0.29) is 17.7 Å². The van der Waals surface area contributed by atoms with Crippen LogP contribution in [0.4, 0.5) is 0 Å². The molecule has 0 aliphatic heterocycles. The Hall–Kier alpha value is -0.930. The van der Waals surface area contributed by atoms with Gasteiger partial charge in [0.05, 0.1) is 6.42 Å². The molecule has 2 nitrogen and oxygen atoms in total. The molecule has 2 rings (SSSR count). The molecule has 4 heteroatoms. The van der Waals surface area contributed by atoms with Gasteiger partial charge in [0, 0.05) is 15.9 Å². The normalized spacial score (nSPS) is 28.3. The van der Waals surface area contributed by atoms with Crippen molar-refractivity contribution in [3.8, 4) is 0 Å². The van der Waals surface area contributed by atoms with Crippen molar-refractivity contribution in [3.63, 3.8) is 0 Å². The summed E-state index contributed by atoms with van der Waals surface area (Å²) in [5, 5.41) is 10.3. The Labute approximate surface area is 161 Å². The van der Waals surface area contributed by atoms with Gasteiger partial charge in [0.15, 0.2) is 0 Å². The molecule has 2 aliphatic carbocycles. The first-order valence-electron chi connectivity index (χ1n) is 9.17. The number of hydrogen-bond acceptors (Lipinski definition) is 2. The Morgan fingerprint density at radius 1 is 1.52 bits per heavy atom. The lowest BCUT2D eigenvalue weighted by Gasteiger charge is -2.27. The first-order valence-corrected chi connectivity index (χ1v) is 10.5. The smallest absolute Gasteiger partial charge is 0.303 e. The summed E-state index contributed by atoms with van der Waals surface area (Å²) >= 11 is 8.21. The highest BCUT2D eigenvalue weighted by atomic mass is 35.5. The number of rotatable bonds is 8. The molecule has 0 bridgehead atoms. The summed E-state index contributed by atoms with van der Waals surface area (Å²) in [4.78, 5) is 10.9. The molecule has 0 fully saturated rings. The lowest BCUT2D eigenvalue weighted by molar-refractivity contribution is -0.137. The summed E-state index contributed by atoms with van der Waals surface area (Å²) in [5.41, 5.74) is 2.81. The number of carbonyl (C=O) groups is 1. The maximum atomic E-state index is 10.9. The second-order valence-corrected chi connectivity index (χ2v) is 9.42. The van der Waals surface area contributed by atoms with Crippen LogP contribution < -0.4 is 0 Å². The number of carboxylic acid groups (broad SMARTS) is 1. The van der Waals surface area contributed by atoms with Crippen LogP contribution in [-0.4, -0.2) is 27.0 Å². The van der Waals surface area contributed by atoms with Gasteiger partial charge in [0.2, 0.25) is 0 Å². The highest BCUT2D eigenvalue weighted by molar-refractivity contribution is 8.00. The standard InChI is InChI=1S/C21H29ClO2S/c1-3-5-18(17-8-10-19(22)11-9-17)12-15(2)25-20-7-4-6-16(13-20)14-21(23)24/h3-6,8,15-16,19-20H,1,7,9-14H2,2H3,(H,23,24)/b18-5+. The van der Waals surface area contributed by atoms with Gasteiger partial charge in [-0.2, -0.15) is 11.8 Å². The fourth-order valence-electron chi connectivity index (χ4n) is 3.65. The van der Waals surface area contributed by atoms with Crippen molar-refractivity contribution >= 4 is 29.3 Å². The van der Waals surface area contributed by atoms with Gasteiger partial charge >= 0.3 is 5.97 Å². The molecule has 1 N–H and O–H groups in total. The maximum Gasteiger partial charge on any atom is 0.303 e. The van der Waals surface area contributed by atoms with Crippen molar-refractivity contribution in [3.05, 3.63) is 48.1 Å². The summed E-state index contributed by atoms with van der Waals surface area (Å²) in [6.45, 7) is 6.15. The van der Waals surface area contributed by atoms with Gasteiger partial charge in [0.1, 0.15) is 0 Å². The second-order valence-electron chi connectivity index (χ2n) is 7.06. The Balaban J connectivity index is 1.90. The van der Waals surface area contributed by atoms with Gasteiger partial charge in [-0.25, -0.2) is 0 Å². The highest BCUT2D eigenvalue weighted by Gasteiger charge is 2.23. The molecule has 0 aromatic rings. The molecule has 0 saturated carbocycles. The number of aliphatic carboxylic acids is 1. The number of carboxylic acids is 1. The summed E-state index contributed by atoms with van der Waals surface area (Å²) in [5.74, 6) is -0.521. The Bertz CT molecular complexity index is 564. The number of hydrogen-bond donors (Lipinski definition) is 1. The third-order valence-corrected chi connectivity index (χ3v) is 6.62. The fourth-order valence-corrected chi connectivity index (χ4v) is 5.36. The first-order chi connectivity index (χ1) is 12.0. The van der Waals surface area contributed by atoms with Crippen LogP contribution in [0.25, 0.3) is 0 Å². The molecule has 138 valence electrons. The predicted octanol–water partition coefficient (Wildman–Crippen LogP) is 6.14. The van der Waals surface area contributed by atoms with Crippen molar-refractivity contribution in [2.24, 2.45) is 5.92 Å². The topological polar surface area (TPSA) is 37.3 Å². The highest BCUT2D eigenvalue weighted by Crippen LogP contribution is 2.36. The van der Waals surface area contributed by atoms with Gasteiger partial charge in [-0.15, -0.1) is 11.6 Å². The van der Waals surface area contributed by atoms with Crippen molar-refractivity contribution < 1.29 is 9.90 Å². The molecule has 0 spiro atoms.